The fraction of sp³-hybridized carbons (Fsp3) is 0.500. The summed E-state index contributed by atoms with van der Waals surface area (Å²) in [4.78, 5) is 0. The van der Waals surface area contributed by atoms with Crippen LogP contribution in [0.2, 0.25) is 0 Å². The minimum absolute atomic E-state index is 0.262. The summed E-state index contributed by atoms with van der Waals surface area (Å²) < 4.78 is 5.35. The van der Waals surface area contributed by atoms with Crippen molar-refractivity contribution in [2.24, 2.45) is 5.41 Å². The third-order valence-corrected chi connectivity index (χ3v) is 5.13. The predicted octanol–water partition coefficient (Wildman–Crippen LogP) is 4.83. The second-order valence-electron chi connectivity index (χ2n) is 7.04. The number of hydrogen-bond donors (Lipinski definition) is 1. The van der Waals surface area contributed by atoms with Crippen molar-refractivity contribution in [3.63, 3.8) is 0 Å². The fourth-order valence-corrected chi connectivity index (χ4v) is 3.57. The van der Waals surface area contributed by atoms with Crippen molar-refractivity contribution >= 4 is 5.88 Å². The summed E-state index contributed by atoms with van der Waals surface area (Å²) in [5.41, 5.74) is 12.1. The molecule has 1 unspecified atom stereocenters. The van der Waals surface area contributed by atoms with Crippen molar-refractivity contribution in [1.82, 2.24) is 5.16 Å². The summed E-state index contributed by atoms with van der Waals surface area (Å²) in [6.45, 7) is 8.89. The molecule has 1 aliphatic carbocycles. The van der Waals surface area contributed by atoms with E-state index in [1.165, 1.54) is 24.0 Å². The summed E-state index contributed by atoms with van der Waals surface area (Å²) in [7, 11) is 0. The molecule has 3 rings (SSSR count). The smallest absolute Gasteiger partial charge is 0.230 e. The van der Waals surface area contributed by atoms with Gasteiger partial charge in [-0.3, -0.25) is 0 Å². The molecule has 0 amide bonds. The maximum Gasteiger partial charge on any atom is 0.230 e. The van der Waals surface area contributed by atoms with Crippen molar-refractivity contribution in [3.8, 4) is 11.1 Å². The zero-order valence-electron chi connectivity index (χ0n) is 13.4. The van der Waals surface area contributed by atoms with Crippen LogP contribution in [0, 0.1) is 19.3 Å². The van der Waals surface area contributed by atoms with E-state index in [4.69, 9.17) is 10.3 Å². The average Bonchev–Trinajstić information content (AvgIpc) is 2.95. The Morgan fingerprint density at radius 2 is 2.00 bits per heavy atom. The first-order chi connectivity index (χ1) is 9.90. The first-order valence-corrected chi connectivity index (χ1v) is 7.73. The molecular formula is C18H24N2O. The molecule has 0 bridgehead atoms. The predicted molar refractivity (Wildman–Crippen MR) is 86.2 cm³/mol. The Morgan fingerprint density at radius 3 is 2.62 bits per heavy atom. The first kappa shape index (κ1) is 14.2. The number of nitrogen functional groups attached to an aromatic ring is 1. The summed E-state index contributed by atoms with van der Waals surface area (Å²) in [6, 6.07) is 6.45. The lowest BCUT2D eigenvalue weighted by Gasteiger charge is -2.26. The summed E-state index contributed by atoms with van der Waals surface area (Å²) in [5.74, 6) is 0.867. The van der Waals surface area contributed by atoms with Gasteiger partial charge in [-0.15, -0.1) is 0 Å². The Morgan fingerprint density at radius 1 is 1.24 bits per heavy atom. The molecule has 21 heavy (non-hydrogen) atoms. The molecule has 112 valence electrons. The molecule has 3 heteroatoms. The molecule has 1 heterocycles. The van der Waals surface area contributed by atoms with E-state index in [1.807, 2.05) is 0 Å². The van der Waals surface area contributed by atoms with Crippen LogP contribution in [0.1, 0.15) is 55.8 Å². The van der Waals surface area contributed by atoms with Gasteiger partial charge in [-0.2, -0.15) is 0 Å². The van der Waals surface area contributed by atoms with Crippen LogP contribution in [0.15, 0.2) is 22.7 Å². The van der Waals surface area contributed by atoms with E-state index in [2.05, 4.69) is 51.1 Å². The van der Waals surface area contributed by atoms with Crippen LogP contribution >= 0.6 is 0 Å². The molecule has 1 saturated carbocycles. The Kier molecular flexibility index (Phi) is 3.31. The molecule has 2 N–H and O–H groups in total. The number of hydrogen-bond acceptors (Lipinski definition) is 3. The molecule has 0 spiro atoms. The van der Waals surface area contributed by atoms with Crippen molar-refractivity contribution < 1.29 is 4.52 Å². The lowest BCUT2D eigenvalue weighted by molar-refractivity contribution is 0.314. The average molecular weight is 284 g/mol. The largest absolute Gasteiger partial charge is 0.367 e. The third kappa shape index (κ3) is 2.35. The van der Waals surface area contributed by atoms with E-state index in [0.29, 0.717) is 11.8 Å². The number of aryl methyl sites for hydroxylation is 2. The molecule has 1 aliphatic rings. The minimum Gasteiger partial charge on any atom is -0.367 e. The van der Waals surface area contributed by atoms with Crippen LogP contribution < -0.4 is 5.73 Å². The Hall–Kier alpha value is -1.77. The van der Waals surface area contributed by atoms with Gasteiger partial charge in [0.1, 0.15) is 0 Å². The number of rotatable bonds is 2. The Bertz CT molecular complexity index is 670. The molecule has 0 saturated heterocycles. The van der Waals surface area contributed by atoms with Gasteiger partial charge in [0.25, 0.3) is 0 Å². The first-order valence-electron chi connectivity index (χ1n) is 7.73. The normalized spacial score (nSPS) is 20.9. The fourth-order valence-electron chi connectivity index (χ4n) is 3.57. The maximum absolute atomic E-state index is 6.09. The van der Waals surface area contributed by atoms with Gasteiger partial charge in [0.2, 0.25) is 5.88 Å². The summed E-state index contributed by atoms with van der Waals surface area (Å²) in [5, 5.41) is 4.32. The molecule has 1 fully saturated rings. The number of aromatic nitrogens is 1. The third-order valence-electron chi connectivity index (χ3n) is 5.13. The van der Waals surface area contributed by atoms with Crippen molar-refractivity contribution in [2.75, 3.05) is 5.73 Å². The van der Waals surface area contributed by atoms with E-state index in [9.17, 15) is 0 Å². The topological polar surface area (TPSA) is 52.0 Å². The standard InChI is InChI=1S/C18H24N2O/c1-11-7-8-13(10-12(11)2)15-16(20-21-17(15)19)14-6-5-9-18(14,3)4/h7-8,10,14H,5-6,9,19H2,1-4H3. The summed E-state index contributed by atoms with van der Waals surface area (Å²) in [6.07, 6.45) is 3.64. The molecule has 2 aromatic rings. The van der Waals surface area contributed by atoms with E-state index < -0.39 is 0 Å². The molecule has 1 aromatic heterocycles. The van der Waals surface area contributed by atoms with Gasteiger partial charge in [0, 0.05) is 5.92 Å². The quantitative estimate of drug-likeness (QED) is 0.859. The minimum atomic E-state index is 0.262. The highest BCUT2D eigenvalue weighted by atomic mass is 16.5. The van der Waals surface area contributed by atoms with Crippen LogP contribution in [0.25, 0.3) is 11.1 Å². The van der Waals surface area contributed by atoms with Crippen LogP contribution in [0.4, 0.5) is 5.88 Å². The van der Waals surface area contributed by atoms with Gasteiger partial charge in [-0.25, -0.2) is 0 Å². The Labute approximate surface area is 126 Å². The van der Waals surface area contributed by atoms with Crippen LogP contribution in [0.5, 0.6) is 0 Å². The van der Waals surface area contributed by atoms with Crippen LogP contribution in [-0.2, 0) is 0 Å². The molecule has 1 aromatic carbocycles. The van der Waals surface area contributed by atoms with Gasteiger partial charge in [-0.1, -0.05) is 43.6 Å². The maximum atomic E-state index is 6.09. The van der Waals surface area contributed by atoms with Crippen molar-refractivity contribution in [3.05, 3.63) is 35.0 Å². The van der Waals surface area contributed by atoms with Crippen molar-refractivity contribution in [2.45, 2.75) is 52.9 Å². The zero-order valence-corrected chi connectivity index (χ0v) is 13.4. The van der Waals surface area contributed by atoms with Gasteiger partial charge in [0.05, 0.1) is 11.3 Å². The number of anilines is 1. The lowest BCUT2D eigenvalue weighted by atomic mass is 9.78. The van der Waals surface area contributed by atoms with Gasteiger partial charge >= 0.3 is 0 Å². The number of nitrogens with zero attached hydrogens (tertiary/aromatic N) is 1. The van der Waals surface area contributed by atoms with Crippen LogP contribution in [-0.4, -0.2) is 5.16 Å². The Balaban J connectivity index is 2.11. The summed E-state index contributed by atoms with van der Waals surface area (Å²) >= 11 is 0. The molecule has 0 radical (unpaired) electrons. The lowest BCUT2D eigenvalue weighted by Crippen LogP contribution is -2.16. The van der Waals surface area contributed by atoms with Gasteiger partial charge in [0.15, 0.2) is 0 Å². The van der Waals surface area contributed by atoms with Gasteiger partial charge < -0.3 is 10.3 Å². The molecular weight excluding hydrogens is 260 g/mol. The van der Waals surface area contributed by atoms with Crippen LogP contribution in [0.3, 0.4) is 0 Å². The van der Waals surface area contributed by atoms with Crippen molar-refractivity contribution in [1.29, 1.82) is 0 Å². The SMILES string of the molecule is Cc1ccc(-c2c(C3CCCC3(C)C)noc2N)cc1C. The zero-order chi connectivity index (χ0) is 15.2. The van der Waals surface area contributed by atoms with E-state index in [0.717, 1.165) is 23.2 Å². The molecule has 3 nitrogen and oxygen atoms in total. The second-order valence-corrected chi connectivity index (χ2v) is 7.04. The molecule has 1 atom stereocenters. The number of nitrogens with two attached hydrogens (primary N) is 1. The highest BCUT2D eigenvalue weighted by molar-refractivity contribution is 5.76. The van der Waals surface area contributed by atoms with E-state index in [1.54, 1.807) is 0 Å². The highest BCUT2D eigenvalue weighted by Gasteiger charge is 2.39. The van der Waals surface area contributed by atoms with E-state index >= 15 is 0 Å². The highest BCUT2D eigenvalue weighted by Crippen LogP contribution is 2.51. The second kappa shape index (κ2) is 4.90. The molecule has 0 aliphatic heterocycles. The van der Waals surface area contributed by atoms with Gasteiger partial charge in [-0.05, 0) is 48.8 Å². The monoisotopic (exact) mass is 284 g/mol. The van der Waals surface area contributed by atoms with E-state index in [-0.39, 0.29) is 5.41 Å². The number of benzene rings is 1.